The second kappa shape index (κ2) is 6.03. The van der Waals surface area contributed by atoms with Crippen molar-refractivity contribution in [2.24, 2.45) is 4.36 Å². The summed E-state index contributed by atoms with van der Waals surface area (Å²) < 4.78 is 14.0. The summed E-state index contributed by atoms with van der Waals surface area (Å²) in [6, 6.07) is 3.11. The van der Waals surface area contributed by atoms with Crippen molar-refractivity contribution in [2.45, 2.75) is 0 Å². The summed E-state index contributed by atoms with van der Waals surface area (Å²) in [6.45, 7) is 0. The summed E-state index contributed by atoms with van der Waals surface area (Å²) in [6.07, 6.45) is 0. The van der Waals surface area contributed by atoms with Crippen molar-refractivity contribution in [2.75, 3.05) is 14.2 Å². The summed E-state index contributed by atoms with van der Waals surface area (Å²) in [5.74, 6) is 0. The molecule has 0 atom stereocenters. The second-order valence-electron chi connectivity index (χ2n) is 2.36. The van der Waals surface area contributed by atoms with Gasteiger partial charge in [0.15, 0.2) is 11.3 Å². The third kappa shape index (κ3) is 3.59. The topological polar surface area (TPSA) is 30.8 Å². The zero-order valence-corrected chi connectivity index (χ0v) is 11.0. The van der Waals surface area contributed by atoms with Crippen LogP contribution in [0, 0.1) is 0 Å². The van der Waals surface area contributed by atoms with Gasteiger partial charge in [-0.25, -0.2) is 0 Å². The van der Waals surface area contributed by atoms with Gasteiger partial charge in [-0.15, -0.1) is 0 Å². The lowest BCUT2D eigenvalue weighted by molar-refractivity contribution is 0.368. The summed E-state index contributed by atoms with van der Waals surface area (Å²) in [5, 5.41) is 1.18. The van der Waals surface area contributed by atoms with Crippen molar-refractivity contribution in [3.8, 4) is 0 Å². The molecular formula is C8H8Cl3NO2S. The van der Waals surface area contributed by atoms with E-state index in [4.69, 9.17) is 43.2 Å². The summed E-state index contributed by atoms with van der Waals surface area (Å²) in [4.78, 5) is 0. The van der Waals surface area contributed by atoms with Gasteiger partial charge in [-0.1, -0.05) is 34.8 Å². The van der Waals surface area contributed by atoms with Crippen LogP contribution in [0.2, 0.25) is 15.1 Å². The van der Waals surface area contributed by atoms with E-state index >= 15 is 0 Å². The maximum absolute atomic E-state index is 5.92. The Morgan fingerprint density at radius 3 is 1.93 bits per heavy atom. The molecule has 0 unspecified atom stereocenters. The zero-order chi connectivity index (χ0) is 11.4. The van der Waals surface area contributed by atoms with Gasteiger partial charge in [0, 0.05) is 5.02 Å². The molecule has 7 heteroatoms. The highest BCUT2D eigenvalue weighted by molar-refractivity contribution is 7.77. The van der Waals surface area contributed by atoms with E-state index in [1.54, 1.807) is 12.1 Å². The Morgan fingerprint density at radius 1 is 1.07 bits per heavy atom. The van der Waals surface area contributed by atoms with Crippen LogP contribution in [0.5, 0.6) is 0 Å². The van der Waals surface area contributed by atoms with Crippen molar-refractivity contribution in [3.63, 3.8) is 0 Å². The quantitative estimate of drug-likeness (QED) is 0.834. The van der Waals surface area contributed by atoms with Gasteiger partial charge in [0.1, 0.15) is 5.69 Å². The third-order valence-electron chi connectivity index (χ3n) is 1.43. The molecule has 0 amide bonds. The average Bonchev–Trinajstić information content (AvgIpc) is 2.17. The lowest BCUT2D eigenvalue weighted by atomic mass is 10.3. The van der Waals surface area contributed by atoms with Crippen LogP contribution in [0.15, 0.2) is 16.5 Å². The molecule has 0 fully saturated rings. The van der Waals surface area contributed by atoms with Crippen LogP contribution in [0.3, 0.4) is 0 Å². The molecule has 0 saturated heterocycles. The molecule has 0 heterocycles. The minimum absolute atomic E-state index is 0.360. The van der Waals surface area contributed by atoms with E-state index in [0.29, 0.717) is 20.8 Å². The molecular weight excluding hydrogens is 281 g/mol. The molecule has 0 aliphatic heterocycles. The fourth-order valence-electron chi connectivity index (χ4n) is 0.839. The Bertz CT molecular complexity index is 368. The number of rotatable bonds is 3. The van der Waals surface area contributed by atoms with E-state index in [9.17, 15) is 0 Å². The molecule has 0 spiro atoms. The first-order valence-corrected chi connectivity index (χ1v) is 5.94. The third-order valence-corrected chi connectivity index (χ3v) is 3.13. The minimum Gasteiger partial charge on any atom is -0.288 e. The molecule has 1 aromatic carbocycles. The van der Waals surface area contributed by atoms with Gasteiger partial charge >= 0.3 is 0 Å². The Hall–Kier alpha value is 0.160. The molecule has 15 heavy (non-hydrogen) atoms. The van der Waals surface area contributed by atoms with Gasteiger partial charge in [0.2, 0.25) is 0 Å². The number of benzene rings is 1. The van der Waals surface area contributed by atoms with E-state index in [2.05, 4.69) is 4.36 Å². The maximum atomic E-state index is 5.92. The number of hydrogen-bond acceptors (Lipinski definition) is 3. The first-order chi connectivity index (χ1) is 7.08. The van der Waals surface area contributed by atoms with E-state index in [0.717, 1.165) is 0 Å². The predicted octanol–water partition coefficient (Wildman–Crippen LogP) is 4.20. The molecule has 1 rings (SSSR count). The predicted molar refractivity (Wildman–Crippen MR) is 64.9 cm³/mol. The molecule has 0 bridgehead atoms. The number of hydrogen-bond donors (Lipinski definition) is 0. The molecule has 0 aliphatic rings. The lowest BCUT2D eigenvalue weighted by Gasteiger charge is -2.05. The highest BCUT2D eigenvalue weighted by Crippen LogP contribution is 2.36. The Kier molecular flexibility index (Phi) is 5.32. The molecule has 0 saturated carbocycles. The average molecular weight is 289 g/mol. The van der Waals surface area contributed by atoms with Gasteiger partial charge in [-0.05, 0) is 12.1 Å². The van der Waals surface area contributed by atoms with Crippen LogP contribution in [0.4, 0.5) is 5.69 Å². The van der Waals surface area contributed by atoms with Crippen molar-refractivity contribution >= 4 is 51.7 Å². The minimum atomic E-state index is -1.00. The standard InChI is InChI=1S/C8H8Cl3NO2S/c1-13-15(14-2)12-8-6(10)3-5(9)4-7(8)11/h3-4H,1-2H3. The largest absolute Gasteiger partial charge is 0.288 e. The van der Waals surface area contributed by atoms with Gasteiger partial charge in [0.25, 0.3) is 0 Å². The zero-order valence-electron chi connectivity index (χ0n) is 7.96. The highest BCUT2D eigenvalue weighted by atomic mass is 35.5. The van der Waals surface area contributed by atoms with Crippen molar-refractivity contribution in [1.82, 2.24) is 0 Å². The first-order valence-electron chi connectivity index (χ1n) is 3.78. The molecule has 1 aromatic rings. The van der Waals surface area contributed by atoms with Crippen molar-refractivity contribution in [1.29, 1.82) is 0 Å². The normalized spacial score (nSPS) is 10.8. The SMILES string of the molecule is COS(=Nc1c(Cl)cc(Cl)cc1Cl)OC. The van der Waals surface area contributed by atoms with Crippen LogP contribution in [0.1, 0.15) is 0 Å². The second-order valence-corrected chi connectivity index (χ2v) is 4.89. The molecule has 0 N–H and O–H groups in total. The fourth-order valence-corrected chi connectivity index (χ4v) is 2.47. The smallest absolute Gasteiger partial charge is 0.181 e. The van der Waals surface area contributed by atoms with Crippen LogP contribution >= 0.6 is 34.8 Å². The first kappa shape index (κ1) is 13.2. The molecule has 0 aromatic heterocycles. The molecule has 84 valence electrons. The van der Waals surface area contributed by atoms with Crippen molar-refractivity contribution in [3.05, 3.63) is 27.2 Å². The van der Waals surface area contributed by atoms with Gasteiger partial charge in [-0.3, -0.25) is 8.37 Å². The summed E-state index contributed by atoms with van der Waals surface area (Å²) in [5.41, 5.74) is 0.412. The number of halogens is 3. The molecule has 3 nitrogen and oxygen atoms in total. The van der Waals surface area contributed by atoms with Crippen LogP contribution in [-0.2, 0) is 19.6 Å². The van der Waals surface area contributed by atoms with Gasteiger partial charge in [0.05, 0.1) is 24.3 Å². The highest BCUT2D eigenvalue weighted by Gasteiger charge is 2.08. The van der Waals surface area contributed by atoms with Crippen LogP contribution < -0.4 is 0 Å². The van der Waals surface area contributed by atoms with E-state index in [-0.39, 0.29) is 0 Å². The lowest BCUT2D eigenvalue weighted by Crippen LogP contribution is -1.93. The van der Waals surface area contributed by atoms with Crippen molar-refractivity contribution < 1.29 is 8.37 Å². The molecule has 0 radical (unpaired) electrons. The van der Waals surface area contributed by atoms with E-state index in [1.807, 2.05) is 0 Å². The summed E-state index contributed by atoms with van der Waals surface area (Å²) >= 11 is 16.6. The number of nitrogens with zero attached hydrogens (tertiary/aromatic N) is 1. The Labute approximate surface area is 106 Å². The Morgan fingerprint density at radius 2 is 1.53 bits per heavy atom. The van der Waals surface area contributed by atoms with E-state index < -0.39 is 11.3 Å². The summed E-state index contributed by atoms with van der Waals surface area (Å²) in [7, 11) is 2.96. The van der Waals surface area contributed by atoms with Crippen LogP contribution in [-0.4, -0.2) is 14.2 Å². The van der Waals surface area contributed by atoms with Gasteiger partial charge in [-0.2, -0.15) is 4.36 Å². The van der Waals surface area contributed by atoms with E-state index in [1.165, 1.54) is 14.2 Å². The molecule has 0 aliphatic carbocycles. The monoisotopic (exact) mass is 287 g/mol. The van der Waals surface area contributed by atoms with Gasteiger partial charge < -0.3 is 0 Å². The van der Waals surface area contributed by atoms with Crippen LogP contribution in [0.25, 0.3) is 0 Å². The Balaban J connectivity index is 3.20. The fraction of sp³-hybridized carbons (Fsp3) is 0.250. The maximum Gasteiger partial charge on any atom is 0.181 e.